The average molecular weight is 200 g/mol. The maximum absolute atomic E-state index is 4.18. The van der Waals surface area contributed by atoms with Gasteiger partial charge in [0.25, 0.3) is 0 Å². The summed E-state index contributed by atoms with van der Waals surface area (Å²) in [4.78, 5) is 8.29. The van der Waals surface area contributed by atoms with Gasteiger partial charge in [0.2, 0.25) is 0 Å². The number of hydrogen-bond acceptors (Lipinski definition) is 4. The quantitative estimate of drug-likeness (QED) is 0.724. The van der Waals surface area contributed by atoms with E-state index in [1.54, 1.807) is 12.4 Å². The largest absolute Gasteiger partial charge is 0.289 e. The Bertz CT molecular complexity index is 376. The minimum Gasteiger partial charge on any atom is -0.289 e. The van der Waals surface area contributed by atoms with Crippen LogP contribution in [0.4, 0.5) is 5.69 Å². The number of aliphatic imine (C=N–C) groups is 2. The second-order valence-corrected chi connectivity index (χ2v) is 3.09. The Kier molecular flexibility index (Phi) is 3.22. The zero-order valence-corrected chi connectivity index (χ0v) is 8.30. The average Bonchev–Trinajstić information content (AvgIpc) is 2.56. The number of rotatable bonds is 2. The Labute approximate surface area is 88.5 Å². The highest BCUT2D eigenvalue weighted by Gasteiger charge is 1.94. The van der Waals surface area contributed by atoms with Crippen molar-refractivity contribution in [1.82, 2.24) is 0 Å². The summed E-state index contributed by atoms with van der Waals surface area (Å²) in [5.74, 6) is 0. The van der Waals surface area contributed by atoms with Crippen LogP contribution in [-0.4, -0.2) is 31.2 Å². The monoisotopic (exact) mass is 200 g/mol. The van der Waals surface area contributed by atoms with E-state index in [9.17, 15) is 0 Å². The van der Waals surface area contributed by atoms with Crippen molar-refractivity contribution in [3.63, 3.8) is 0 Å². The Morgan fingerprint density at radius 1 is 1.00 bits per heavy atom. The van der Waals surface area contributed by atoms with Gasteiger partial charge in [-0.05, 0) is 12.1 Å². The van der Waals surface area contributed by atoms with Crippen LogP contribution in [-0.2, 0) is 0 Å². The van der Waals surface area contributed by atoms with E-state index < -0.39 is 0 Å². The molecule has 2 rings (SSSR count). The van der Waals surface area contributed by atoms with E-state index in [-0.39, 0.29) is 0 Å². The van der Waals surface area contributed by atoms with Crippen molar-refractivity contribution in [3.8, 4) is 0 Å². The van der Waals surface area contributed by atoms with E-state index in [0.29, 0.717) is 0 Å². The number of nitrogens with one attached hydrogen (secondary N) is 1. The van der Waals surface area contributed by atoms with E-state index in [1.807, 2.05) is 30.3 Å². The van der Waals surface area contributed by atoms with Crippen molar-refractivity contribution in [3.05, 3.63) is 30.3 Å². The van der Waals surface area contributed by atoms with Gasteiger partial charge in [-0.15, -0.1) is 0 Å². The van der Waals surface area contributed by atoms with Gasteiger partial charge in [0.15, 0.2) is 0 Å². The van der Waals surface area contributed by atoms with Crippen LogP contribution in [0, 0.1) is 0 Å². The fourth-order valence-corrected chi connectivity index (χ4v) is 1.16. The molecule has 4 heteroatoms. The normalized spacial score (nSPS) is 14.8. The van der Waals surface area contributed by atoms with Crippen molar-refractivity contribution in [1.29, 1.82) is 0 Å². The molecule has 0 atom stereocenters. The minimum atomic E-state index is 0.737. The molecule has 0 radical (unpaired) electrons. The first kappa shape index (κ1) is 9.58. The number of anilines is 1. The predicted molar refractivity (Wildman–Crippen MR) is 64.2 cm³/mol. The molecule has 76 valence electrons. The summed E-state index contributed by atoms with van der Waals surface area (Å²) in [6.07, 6.45) is 3.46. The molecule has 0 bridgehead atoms. The third kappa shape index (κ3) is 3.02. The molecule has 0 saturated heterocycles. The molecule has 0 spiro atoms. The lowest BCUT2D eigenvalue weighted by Crippen LogP contribution is -2.04. The number of hydrazone groups is 1. The van der Waals surface area contributed by atoms with Crippen LogP contribution in [0.25, 0.3) is 0 Å². The Morgan fingerprint density at radius 2 is 1.67 bits per heavy atom. The first-order valence-corrected chi connectivity index (χ1v) is 4.83. The maximum Gasteiger partial charge on any atom is 0.119 e. The first-order chi connectivity index (χ1) is 7.45. The molecule has 1 aliphatic rings. The van der Waals surface area contributed by atoms with Crippen LogP contribution in [0.1, 0.15) is 0 Å². The smallest absolute Gasteiger partial charge is 0.119 e. The summed E-state index contributed by atoms with van der Waals surface area (Å²) >= 11 is 0. The van der Waals surface area contributed by atoms with E-state index in [4.69, 9.17) is 0 Å². The Balaban J connectivity index is 2.04. The fourth-order valence-electron chi connectivity index (χ4n) is 1.16. The zero-order chi connectivity index (χ0) is 10.3. The van der Waals surface area contributed by atoms with Gasteiger partial charge in [-0.1, -0.05) is 18.2 Å². The third-order valence-corrected chi connectivity index (χ3v) is 1.89. The molecule has 0 amide bonds. The highest BCUT2D eigenvalue weighted by atomic mass is 15.3. The van der Waals surface area contributed by atoms with Crippen LogP contribution in [0.5, 0.6) is 0 Å². The van der Waals surface area contributed by atoms with Crippen LogP contribution in [0.3, 0.4) is 0 Å². The molecule has 0 saturated carbocycles. The van der Waals surface area contributed by atoms with Crippen LogP contribution in [0.2, 0.25) is 0 Å². The number of para-hydroxylation sites is 1. The molecule has 1 aromatic rings. The summed E-state index contributed by atoms with van der Waals surface area (Å²) < 4.78 is 0. The van der Waals surface area contributed by atoms with Gasteiger partial charge in [0, 0.05) is 0 Å². The lowest BCUT2D eigenvalue weighted by atomic mass is 10.3. The molecule has 1 aromatic carbocycles. The van der Waals surface area contributed by atoms with Gasteiger partial charge in [-0.25, -0.2) is 0 Å². The topological polar surface area (TPSA) is 49.1 Å². The van der Waals surface area contributed by atoms with Gasteiger partial charge in [-0.2, -0.15) is 5.10 Å². The summed E-state index contributed by atoms with van der Waals surface area (Å²) in [5, 5.41) is 4.18. The molecular weight excluding hydrogens is 188 g/mol. The number of nitrogens with zero attached hydrogens (tertiary/aromatic N) is 3. The lowest BCUT2D eigenvalue weighted by molar-refractivity contribution is 0.992. The minimum absolute atomic E-state index is 0.737. The molecule has 0 aliphatic carbocycles. The Morgan fingerprint density at radius 3 is 2.33 bits per heavy atom. The highest BCUT2D eigenvalue weighted by Crippen LogP contribution is 2.04. The van der Waals surface area contributed by atoms with Gasteiger partial charge in [-0.3, -0.25) is 15.4 Å². The van der Waals surface area contributed by atoms with E-state index in [1.165, 1.54) is 0 Å². The van der Waals surface area contributed by atoms with Gasteiger partial charge < -0.3 is 0 Å². The van der Waals surface area contributed by atoms with Gasteiger partial charge >= 0.3 is 0 Å². The van der Waals surface area contributed by atoms with Crippen molar-refractivity contribution >= 4 is 23.8 Å². The van der Waals surface area contributed by atoms with E-state index in [2.05, 4.69) is 20.5 Å². The van der Waals surface area contributed by atoms with Crippen LogP contribution < -0.4 is 5.43 Å². The second-order valence-electron chi connectivity index (χ2n) is 3.09. The fraction of sp³-hybridized carbons (Fsp3) is 0.182. The molecule has 1 heterocycles. The van der Waals surface area contributed by atoms with Crippen molar-refractivity contribution < 1.29 is 0 Å². The molecular formula is C11H12N4. The first-order valence-electron chi connectivity index (χ1n) is 4.83. The van der Waals surface area contributed by atoms with Gasteiger partial charge in [0.1, 0.15) is 5.71 Å². The summed E-state index contributed by atoms with van der Waals surface area (Å²) in [5.41, 5.74) is 4.65. The SMILES string of the molecule is C1=NCCN=CC1=NNc1ccccc1. The van der Waals surface area contributed by atoms with Crippen LogP contribution in [0.15, 0.2) is 45.4 Å². The van der Waals surface area contributed by atoms with E-state index in [0.717, 1.165) is 24.5 Å². The molecule has 1 aliphatic heterocycles. The molecule has 15 heavy (non-hydrogen) atoms. The van der Waals surface area contributed by atoms with Crippen LogP contribution >= 0.6 is 0 Å². The molecule has 0 fully saturated rings. The number of benzene rings is 1. The van der Waals surface area contributed by atoms with Crippen molar-refractivity contribution in [2.45, 2.75) is 0 Å². The van der Waals surface area contributed by atoms with Gasteiger partial charge in [0.05, 0.1) is 31.2 Å². The number of hydrogen-bond donors (Lipinski definition) is 1. The van der Waals surface area contributed by atoms with E-state index >= 15 is 0 Å². The summed E-state index contributed by atoms with van der Waals surface area (Å²) in [7, 11) is 0. The molecule has 4 nitrogen and oxygen atoms in total. The van der Waals surface area contributed by atoms with Crippen molar-refractivity contribution in [2.75, 3.05) is 18.5 Å². The summed E-state index contributed by atoms with van der Waals surface area (Å²) in [6, 6.07) is 9.78. The second kappa shape index (κ2) is 5.05. The maximum atomic E-state index is 4.18. The zero-order valence-electron chi connectivity index (χ0n) is 8.30. The predicted octanol–water partition coefficient (Wildman–Crippen LogP) is 1.61. The lowest BCUT2D eigenvalue weighted by Gasteiger charge is -1.98. The van der Waals surface area contributed by atoms with Crippen molar-refractivity contribution in [2.24, 2.45) is 15.1 Å². The molecule has 1 N–H and O–H groups in total. The standard InChI is InChI=1S/C11H12N4/c1-2-4-10(5-3-1)14-15-11-8-12-6-7-13-9-11/h1-5,8-9,14H,6-7H2. The third-order valence-electron chi connectivity index (χ3n) is 1.89. The Hall–Kier alpha value is -1.97. The summed E-state index contributed by atoms with van der Waals surface area (Å²) in [6.45, 7) is 1.47. The molecule has 0 unspecified atom stereocenters. The molecule has 0 aromatic heterocycles. The highest BCUT2D eigenvalue weighted by molar-refractivity contribution is 6.56.